The van der Waals surface area contributed by atoms with Crippen LogP contribution in [0.15, 0.2) is 0 Å². The quantitative estimate of drug-likeness (QED) is 0.668. The monoisotopic (exact) mass is 294 g/mol. The summed E-state index contributed by atoms with van der Waals surface area (Å²) in [6.07, 6.45) is 1.28. The molecule has 101 valence electrons. The molecule has 0 aliphatic carbocycles. The van der Waals surface area contributed by atoms with Crippen molar-refractivity contribution in [1.82, 2.24) is 4.57 Å². The third-order valence-corrected chi connectivity index (χ3v) is 11.4. The van der Waals surface area contributed by atoms with Crippen molar-refractivity contribution >= 4 is 28.1 Å². The van der Waals surface area contributed by atoms with Crippen LogP contribution in [0.2, 0.25) is 12.6 Å². The molecule has 2 atom stereocenters. The summed E-state index contributed by atoms with van der Waals surface area (Å²) in [7, 11) is 2.59. The van der Waals surface area contributed by atoms with Gasteiger partial charge < -0.3 is 17.8 Å². The molecule has 0 aromatic rings. The molecule has 0 N–H and O–H groups in total. The van der Waals surface area contributed by atoms with Crippen LogP contribution in [0.25, 0.3) is 0 Å². The fourth-order valence-electron chi connectivity index (χ4n) is 2.20. The van der Waals surface area contributed by atoms with Gasteiger partial charge in [-0.3, -0.25) is 0 Å². The summed E-state index contributed by atoms with van der Waals surface area (Å²) in [5.41, 5.74) is 0. The van der Waals surface area contributed by atoms with Gasteiger partial charge in [-0.05, 0) is 25.6 Å². The summed E-state index contributed by atoms with van der Waals surface area (Å²) in [5, 5.41) is 0.531. The van der Waals surface area contributed by atoms with Crippen molar-refractivity contribution in [1.29, 1.82) is 0 Å². The van der Waals surface area contributed by atoms with Crippen LogP contribution in [-0.4, -0.2) is 61.1 Å². The molecule has 17 heavy (non-hydrogen) atoms. The van der Waals surface area contributed by atoms with Gasteiger partial charge in [-0.2, -0.15) is 0 Å². The fraction of sp³-hybridized carbons (Fsp3) is 1.00. The topological polar surface area (TPSA) is 30.9 Å². The molecule has 0 saturated carbocycles. The van der Waals surface area contributed by atoms with E-state index in [1.54, 1.807) is 14.2 Å². The molecule has 1 heterocycles. The molecular weight excluding hydrogens is 270 g/mol. The number of nitrogens with zero attached hydrogens (tertiary/aromatic N) is 1. The van der Waals surface area contributed by atoms with Crippen LogP contribution in [0.3, 0.4) is 0 Å². The first kappa shape index (κ1) is 15.7. The van der Waals surface area contributed by atoms with Crippen LogP contribution < -0.4 is 0 Å². The second-order valence-corrected chi connectivity index (χ2v) is 12.5. The number of rotatable bonds is 7. The Bertz CT molecular complexity index is 234. The standard InChI is InChI=1S/C10H24NO3SSi2/c1-10(15-16(12-2)13-3)9-11-7-6-8-17(11,5)14-4/h10H,6-9H2,1-5H3. The maximum Gasteiger partial charge on any atom is 0.463 e. The summed E-state index contributed by atoms with van der Waals surface area (Å²) in [6.45, 7) is 6.83. The van der Waals surface area contributed by atoms with Gasteiger partial charge >= 0.3 is 8.43 Å². The Morgan fingerprint density at radius 1 is 1.35 bits per heavy atom. The molecule has 1 radical (unpaired) electrons. The summed E-state index contributed by atoms with van der Waals surface area (Å²) in [5.74, 6) is 0. The predicted molar refractivity (Wildman–Crippen MR) is 76.4 cm³/mol. The number of hydrogen-bond donors (Lipinski definition) is 0. The third kappa shape index (κ3) is 4.34. The van der Waals surface area contributed by atoms with E-state index in [-0.39, 0.29) is 0 Å². The maximum atomic E-state index is 5.77. The van der Waals surface area contributed by atoms with Crippen LogP contribution in [0.4, 0.5) is 0 Å². The van der Waals surface area contributed by atoms with Crippen molar-refractivity contribution in [3.05, 3.63) is 0 Å². The summed E-state index contributed by atoms with van der Waals surface area (Å²) < 4.78 is 19.0. The van der Waals surface area contributed by atoms with Crippen molar-refractivity contribution in [2.45, 2.75) is 31.2 Å². The Morgan fingerprint density at radius 2 is 2.00 bits per heavy atom. The summed E-state index contributed by atoms with van der Waals surface area (Å²) >= 11 is 1.83. The summed E-state index contributed by atoms with van der Waals surface area (Å²) in [4.78, 5) is 0. The Kier molecular flexibility index (Phi) is 6.71. The molecule has 1 fully saturated rings. The van der Waals surface area contributed by atoms with Gasteiger partial charge in [0.25, 0.3) is 8.48 Å². The fourth-order valence-corrected chi connectivity index (χ4v) is 7.94. The molecule has 0 spiro atoms. The zero-order valence-electron chi connectivity index (χ0n) is 11.5. The molecule has 4 nitrogen and oxygen atoms in total. The molecule has 1 aliphatic rings. The van der Waals surface area contributed by atoms with Crippen molar-refractivity contribution in [2.75, 3.05) is 34.4 Å². The van der Waals surface area contributed by atoms with E-state index in [4.69, 9.17) is 13.3 Å². The first-order valence-corrected chi connectivity index (χ1v) is 11.5. The Labute approximate surface area is 112 Å². The molecule has 1 rings (SSSR count). The second kappa shape index (κ2) is 7.27. The van der Waals surface area contributed by atoms with E-state index < -0.39 is 16.9 Å². The van der Waals surface area contributed by atoms with Gasteiger partial charge in [0.2, 0.25) is 0 Å². The lowest BCUT2D eigenvalue weighted by Gasteiger charge is -2.33. The Balaban J connectivity index is 2.42. The third-order valence-electron chi connectivity index (χ3n) is 3.29. The predicted octanol–water partition coefficient (Wildman–Crippen LogP) is 1.81. The van der Waals surface area contributed by atoms with Crippen molar-refractivity contribution in [3.63, 3.8) is 0 Å². The minimum absolute atomic E-state index is 0.531. The van der Waals surface area contributed by atoms with Crippen molar-refractivity contribution < 1.29 is 13.3 Å². The number of hydrogen-bond acceptors (Lipinski definition) is 5. The average molecular weight is 295 g/mol. The Hall–Kier alpha value is 0.624. The van der Waals surface area contributed by atoms with E-state index in [0.717, 1.165) is 6.54 Å². The lowest BCUT2D eigenvalue weighted by atomic mass is 10.4. The maximum absolute atomic E-state index is 5.77. The van der Waals surface area contributed by atoms with Crippen LogP contribution in [0, 0.1) is 0 Å². The average Bonchev–Trinajstić information content (AvgIpc) is 2.68. The van der Waals surface area contributed by atoms with Crippen molar-refractivity contribution in [2.24, 2.45) is 0 Å². The molecule has 0 amide bonds. The molecule has 1 saturated heterocycles. The molecular formula is C10H24NO3SSi2. The van der Waals surface area contributed by atoms with Crippen LogP contribution in [0.5, 0.6) is 0 Å². The molecule has 0 bridgehead atoms. The lowest BCUT2D eigenvalue weighted by Crippen LogP contribution is -2.50. The highest BCUT2D eigenvalue weighted by molar-refractivity contribution is 8.24. The van der Waals surface area contributed by atoms with Crippen LogP contribution >= 0.6 is 11.2 Å². The zero-order chi connectivity index (χ0) is 12.9. The van der Waals surface area contributed by atoms with E-state index in [1.165, 1.54) is 19.0 Å². The van der Waals surface area contributed by atoms with E-state index in [0.29, 0.717) is 5.25 Å². The Morgan fingerprint density at radius 3 is 2.53 bits per heavy atom. The van der Waals surface area contributed by atoms with E-state index in [1.807, 2.05) is 18.3 Å². The highest BCUT2D eigenvalue weighted by atomic mass is 32.4. The van der Waals surface area contributed by atoms with Gasteiger partial charge in [0.1, 0.15) is 0 Å². The van der Waals surface area contributed by atoms with E-state index >= 15 is 0 Å². The van der Waals surface area contributed by atoms with Gasteiger partial charge in [0.05, 0.1) is 0 Å². The molecule has 7 heteroatoms. The first-order valence-electron chi connectivity index (χ1n) is 5.97. The smallest absolute Gasteiger partial charge is 0.406 e. The van der Waals surface area contributed by atoms with Gasteiger partial charge in [0, 0.05) is 33.1 Å². The molecule has 0 aromatic heterocycles. The second-order valence-electron chi connectivity index (χ2n) is 4.52. The van der Waals surface area contributed by atoms with Crippen molar-refractivity contribution in [3.8, 4) is 0 Å². The van der Waals surface area contributed by atoms with E-state index in [9.17, 15) is 0 Å². The normalized spacial score (nSPS) is 27.9. The minimum Gasteiger partial charge on any atom is -0.406 e. The molecule has 1 aliphatic heterocycles. The van der Waals surface area contributed by atoms with Gasteiger partial charge in [-0.15, -0.1) is 11.2 Å². The highest BCUT2D eigenvalue weighted by Gasteiger charge is 2.41. The van der Waals surface area contributed by atoms with E-state index in [2.05, 4.69) is 18.0 Å². The highest BCUT2D eigenvalue weighted by Crippen LogP contribution is 2.28. The zero-order valence-corrected chi connectivity index (χ0v) is 14.3. The minimum atomic E-state index is -1.57. The van der Waals surface area contributed by atoms with Crippen LogP contribution in [0.1, 0.15) is 13.3 Å². The van der Waals surface area contributed by atoms with Crippen LogP contribution in [-0.2, 0) is 13.3 Å². The SMILES string of the molecule is CO[Si](OC)SC(C)CN1CCC[Si]1(C)OC. The molecule has 2 unspecified atom stereocenters. The summed E-state index contributed by atoms with van der Waals surface area (Å²) in [6, 6.07) is 1.26. The van der Waals surface area contributed by atoms with Gasteiger partial charge in [-0.1, -0.05) is 6.92 Å². The lowest BCUT2D eigenvalue weighted by molar-refractivity contribution is 0.299. The first-order chi connectivity index (χ1) is 8.05. The van der Waals surface area contributed by atoms with Gasteiger partial charge in [0.15, 0.2) is 0 Å². The molecule has 0 aromatic carbocycles. The van der Waals surface area contributed by atoms with Gasteiger partial charge in [-0.25, -0.2) is 0 Å². The largest absolute Gasteiger partial charge is 0.463 e.